The third-order valence-electron chi connectivity index (χ3n) is 2.93. The standard InChI is InChI=1S/C11H17N5O4/c17-10(18)5-8-6-16(3-4-20-8)11(19)12-2-1-9-13-7-14-15-9/h7-8H,1-6H2,(H,12,19)(H,17,18)(H,13,14,15). The molecular formula is C11H17N5O4. The van der Waals surface area contributed by atoms with E-state index in [1.807, 2.05) is 0 Å². The molecule has 0 radical (unpaired) electrons. The molecular weight excluding hydrogens is 266 g/mol. The van der Waals surface area contributed by atoms with Crippen LogP contribution in [0.5, 0.6) is 0 Å². The van der Waals surface area contributed by atoms with Crippen molar-refractivity contribution >= 4 is 12.0 Å². The van der Waals surface area contributed by atoms with Crippen molar-refractivity contribution in [2.45, 2.75) is 18.9 Å². The number of hydrogen-bond acceptors (Lipinski definition) is 5. The van der Waals surface area contributed by atoms with Crippen LogP contribution in [0.25, 0.3) is 0 Å². The number of aliphatic carboxylic acids is 1. The number of H-pyrrole nitrogens is 1. The average Bonchev–Trinajstić information content (AvgIpc) is 2.91. The number of nitrogens with zero attached hydrogens (tertiary/aromatic N) is 3. The second-order valence-electron chi connectivity index (χ2n) is 4.45. The number of aromatic amines is 1. The molecule has 2 rings (SSSR count). The van der Waals surface area contributed by atoms with Crippen molar-refractivity contribution in [3.05, 3.63) is 12.2 Å². The van der Waals surface area contributed by atoms with Gasteiger partial charge in [0, 0.05) is 26.1 Å². The Kier molecular flexibility index (Phi) is 4.88. The Balaban J connectivity index is 1.72. The van der Waals surface area contributed by atoms with Gasteiger partial charge < -0.3 is 20.1 Å². The van der Waals surface area contributed by atoms with Crippen LogP contribution in [-0.2, 0) is 16.0 Å². The number of carbonyl (C=O) groups is 2. The highest BCUT2D eigenvalue weighted by molar-refractivity contribution is 5.74. The van der Waals surface area contributed by atoms with E-state index < -0.39 is 12.1 Å². The van der Waals surface area contributed by atoms with Gasteiger partial charge in [-0.05, 0) is 0 Å². The van der Waals surface area contributed by atoms with Crippen molar-refractivity contribution in [1.29, 1.82) is 0 Å². The predicted molar refractivity (Wildman–Crippen MR) is 67.1 cm³/mol. The molecule has 2 amide bonds. The minimum atomic E-state index is -0.928. The van der Waals surface area contributed by atoms with Crippen LogP contribution in [0.3, 0.4) is 0 Å². The Hall–Kier alpha value is -2.16. The lowest BCUT2D eigenvalue weighted by atomic mass is 10.2. The highest BCUT2D eigenvalue weighted by Gasteiger charge is 2.25. The molecule has 1 saturated heterocycles. The summed E-state index contributed by atoms with van der Waals surface area (Å²) in [7, 11) is 0. The lowest BCUT2D eigenvalue weighted by Crippen LogP contribution is -2.50. The number of carboxylic acid groups (broad SMARTS) is 1. The van der Waals surface area contributed by atoms with E-state index in [-0.39, 0.29) is 12.5 Å². The van der Waals surface area contributed by atoms with Gasteiger partial charge >= 0.3 is 12.0 Å². The zero-order chi connectivity index (χ0) is 14.4. The van der Waals surface area contributed by atoms with Gasteiger partial charge in [-0.25, -0.2) is 9.78 Å². The normalized spacial score (nSPS) is 18.8. The third kappa shape index (κ3) is 4.19. The summed E-state index contributed by atoms with van der Waals surface area (Å²) in [6, 6.07) is -0.219. The smallest absolute Gasteiger partial charge is 0.317 e. The summed E-state index contributed by atoms with van der Waals surface area (Å²) in [5.74, 6) is -0.224. The Labute approximate surface area is 115 Å². The maximum atomic E-state index is 11.9. The van der Waals surface area contributed by atoms with E-state index in [4.69, 9.17) is 9.84 Å². The third-order valence-corrected chi connectivity index (χ3v) is 2.93. The molecule has 0 spiro atoms. The number of ether oxygens (including phenoxy) is 1. The zero-order valence-corrected chi connectivity index (χ0v) is 10.9. The van der Waals surface area contributed by atoms with E-state index >= 15 is 0 Å². The molecule has 2 heterocycles. The van der Waals surface area contributed by atoms with Gasteiger partial charge in [0.2, 0.25) is 0 Å². The first-order valence-corrected chi connectivity index (χ1v) is 6.35. The van der Waals surface area contributed by atoms with E-state index in [1.54, 1.807) is 4.90 Å². The molecule has 0 aromatic carbocycles. The van der Waals surface area contributed by atoms with Crippen LogP contribution < -0.4 is 5.32 Å². The fourth-order valence-corrected chi connectivity index (χ4v) is 1.97. The summed E-state index contributed by atoms with van der Waals surface area (Å²) in [4.78, 5) is 28.1. The molecule has 1 aromatic heterocycles. The molecule has 1 aromatic rings. The van der Waals surface area contributed by atoms with Crippen molar-refractivity contribution in [1.82, 2.24) is 25.4 Å². The van der Waals surface area contributed by atoms with Gasteiger partial charge in [-0.2, -0.15) is 5.10 Å². The summed E-state index contributed by atoms with van der Waals surface area (Å²) < 4.78 is 5.31. The minimum absolute atomic E-state index is 0.0954. The number of rotatable bonds is 5. The second kappa shape index (κ2) is 6.85. The second-order valence-corrected chi connectivity index (χ2v) is 4.45. The van der Waals surface area contributed by atoms with Crippen LogP contribution in [0.4, 0.5) is 4.79 Å². The summed E-state index contributed by atoms with van der Waals surface area (Å²) in [6.45, 7) is 1.55. The van der Waals surface area contributed by atoms with Crippen LogP contribution in [0, 0.1) is 0 Å². The molecule has 3 N–H and O–H groups in total. The molecule has 0 saturated carbocycles. The van der Waals surface area contributed by atoms with Gasteiger partial charge in [0.25, 0.3) is 0 Å². The Morgan fingerprint density at radius 1 is 1.60 bits per heavy atom. The van der Waals surface area contributed by atoms with Gasteiger partial charge in [-0.15, -0.1) is 0 Å². The summed E-state index contributed by atoms with van der Waals surface area (Å²) in [6.07, 6.45) is 1.44. The maximum Gasteiger partial charge on any atom is 0.317 e. The number of urea groups is 1. The first kappa shape index (κ1) is 14.3. The van der Waals surface area contributed by atoms with E-state index in [0.717, 1.165) is 0 Å². The first-order chi connectivity index (χ1) is 9.65. The molecule has 0 bridgehead atoms. The Bertz CT molecular complexity index is 450. The van der Waals surface area contributed by atoms with E-state index in [0.29, 0.717) is 38.5 Å². The molecule has 0 aliphatic carbocycles. The quantitative estimate of drug-likeness (QED) is 0.652. The monoisotopic (exact) mass is 283 g/mol. The fourth-order valence-electron chi connectivity index (χ4n) is 1.97. The molecule has 1 atom stereocenters. The maximum absolute atomic E-state index is 11.9. The van der Waals surface area contributed by atoms with Gasteiger partial charge in [-0.3, -0.25) is 9.89 Å². The molecule has 1 aliphatic rings. The minimum Gasteiger partial charge on any atom is -0.481 e. The van der Waals surface area contributed by atoms with Crippen molar-refractivity contribution < 1.29 is 19.4 Å². The van der Waals surface area contributed by atoms with E-state index in [1.165, 1.54) is 6.33 Å². The number of amides is 2. The van der Waals surface area contributed by atoms with Crippen LogP contribution in [0.15, 0.2) is 6.33 Å². The summed E-state index contributed by atoms with van der Waals surface area (Å²) in [5.41, 5.74) is 0. The molecule has 20 heavy (non-hydrogen) atoms. The zero-order valence-electron chi connectivity index (χ0n) is 10.9. The number of morpholine rings is 1. The Morgan fingerprint density at radius 2 is 2.45 bits per heavy atom. The van der Waals surface area contributed by atoms with Crippen molar-refractivity contribution in [3.8, 4) is 0 Å². The highest BCUT2D eigenvalue weighted by Crippen LogP contribution is 2.08. The van der Waals surface area contributed by atoms with Gasteiger partial charge in [-0.1, -0.05) is 0 Å². The van der Waals surface area contributed by atoms with Crippen LogP contribution in [0.1, 0.15) is 12.2 Å². The molecule has 9 nitrogen and oxygen atoms in total. The summed E-state index contributed by atoms with van der Waals surface area (Å²) >= 11 is 0. The molecule has 1 aliphatic heterocycles. The van der Waals surface area contributed by atoms with Gasteiger partial charge in [0.15, 0.2) is 0 Å². The van der Waals surface area contributed by atoms with Crippen molar-refractivity contribution in [3.63, 3.8) is 0 Å². The number of aromatic nitrogens is 3. The van der Waals surface area contributed by atoms with Crippen molar-refractivity contribution in [2.75, 3.05) is 26.2 Å². The Morgan fingerprint density at radius 3 is 3.15 bits per heavy atom. The first-order valence-electron chi connectivity index (χ1n) is 6.35. The largest absolute Gasteiger partial charge is 0.481 e. The average molecular weight is 283 g/mol. The topological polar surface area (TPSA) is 120 Å². The van der Waals surface area contributed by atoms with Crippen LogP contribution in [0.2, 0.25) is 0 Å². The lowest BCUT2D eigenvalue weighted by molar-refractivity contribution is -0.141. The number of nitrogens with one attached hydrogen (secondary N) is 2. The van der Waals surface area contributed by atoms with Crippen molar-refractivity contribution in [2.24, 2.45) is 0 Å². The van der Waals surface area contributed by atoms with Crippen LogP contribution >= 0.6 is 0 Å². The number of carbonyl (C=O) groups excluding carboxylic acids is 1. The van der Waals surface area contributed by atoms with Gasteiger partial charge in [0.1, 0.15) is 12.2 Å². The highest BCUT2D eigenvalue weighted by atomic mass is 16.5. The number of hydrogen-bond donors (Lipinski definition) is 3. The van der Waals surface area contributed by atoms with Gasteiger partial charge in [0.05, 0.1) is 19.1 Å². The number of carboxylic acids is 1. The molecule has 1 unspecified atom stereocenters. The molecule has 1 fully saturated rings. The van der Waals surface area contributed by atoms with E-state index in [2.05, 4.69) is 20.5 Å². The summed E-state index contributed by atoms with van der Waals surface area (Å²) in [5, 5.41) is 17.9. The molecule has 9 heteroatoms. The lowest BCUT2D eigenvalue weighted by Gasteiger charge is -2.32. The van der Waals surface area contributed by atoms with Crippen LogP contribution in [-0.4, -0.2) is 69.5 Å². The SMILES string of the molecule is O=C(O)CC1CN(C(=O)NCCc2ncn[nH]2)CCO1. The van der Waals surface area contributed by atoms with E-state index in [9.17, 15) is 9.59 Å². The predicted octanol–water partition coefficient (Wildman–Crippen LogP) is -0.768. The molecule has 110 valence electrons. The fraction of sp³-hybridized carbons (Fsp3) is 0.636.